The fourth-order valence-electron chi connectivity index (χ4n) is 2.29. The Morgan fingerprint density at radius 3 is 2.32 bits per heavy atom. The summed E-state index contributed by atoms with van der Waals surface area (Å²) in [5.74, 6) is -0.00962. The lowest BCUT2D eigenvalue weighted by Gasteiger charge is -2.13. The van der Waals surface area contributed by atoms with Crippen molar-refractivity contribution in [2.24, 2.45) is 0 Å². The van der Waals surface area contributed by atoms with Crippen molar-refractivity contribution < 1.29 is 4.79 Å². The molecule has 0 saturated carbocycles. The van der Waals surface area contributed by atoms with Gasteiger partial charge < -0.3 is 4.90 Å². The monoisotopic (exact) mass is 253 g/mol. The molecule has 0 N–H and O–H groups in total. The summed E-state index contributed by atoms with van der Waals surface area (Å²) in [6.45, 7) is 1.67. The summed E-state index contributed by atoms with van der Waals surface area (Å²) in [6.07, 6.45) is 2.17. The third-order valence-electron chi connectivity index (χ3n) is 3.35. The molecule has 4 nitrogen and oxygen atoms in total. The van der Waals surface area contributed by atoms with E-state index in [0.717, 1.165) is 37.2 Å². The van der Waals surface area contributed by atoms with E-state index in [2.05, 4.69) is 10.2 Å². The Labute approximate surface area is 112 Å². The van der Waals surface area contributed by atoms with Crippen molar-refractivity contribution in [3.8, 4) is 11.3 Å². The molecule has 3 rings (SSSR count). The van der Waals surface area contributed by atoms with Crippen LogP contribution in [0.15, 0.2) is 42.5 Å². The SMILES string of the molecule is O=C(c1ccc(-c2ccccc2)nn1)N1CCCC1. The smallest absolute Gasteiger partial charge is 0.274 e. The Hall–Kier alpha value is -2.23. The van der Waals surface area contributed by atoms with Gasteiger partial charge in [-0.2, -0.15) is 0 Å². The Balaban J connectivity index is 1.81. The van der Waals surface area contributed by atoms with Gasteiger partial charge in [-0.1, -0.05) is 30.3 Å². The van der Waals surface area contributed by atoms with Crippen LogP contribution in [0.3, 0.4) is 0 Å². The number of rotatable bonds is 2. The van der Waals surface area contributed by atoms with Gasteiger partial charge in [0.1, 0.15) is 0 Å². The van der Waals surface area contributed by atoms with E-state index in [4.69, 9.17) is 0 Å². The van der Waals surface area contributed by atoms with Gasteiger partial charge in [0.2, 0.25) is 0 Å². The van der Waals surface area contributed by atoms with Gasteiger partial charge in [0, 0.05) is 18.7 Å². The zero-order chi connectivity index (χ0) is 13.1. The molecule has 0 spiro atoms. The highest BCUT2D eigenvalue weighted by Crippen LogP contribution is 2.16. The Morgan fingerprint density at radius 2 is 1.68 bits per heavy atom. The number of carbonyl (C=O) groups is 1. The lowest BCUT2D eigenvalue weighted by molar-refractivity contribution is 0.0786. The van der Waals surface area contributed by atoms with Gasteiger partial charge in [-0.3, -0.25) is 4.79 Å². The predicted octanol–water partition coefficient (Wildman–Crippen LogP) is 2.38. The number of nitrogens with zero attached hydrogens (tertiary/aromatic N) is 3. The van der Waals surface area contributed by atoms with E-state index in [1.54, 1.807) is 6.07 Å². The number of aromatic nitrogens is 2. The number of carbonyl (C=O) groups excluding carboxylic acids is 1. The van der Waals surface area contributed by atoms with Crippen LogP contribution in [0, 0.1) is 0 Å². The van der Waals surface area contributed by atoms with Crippen LogP contribution in [-0.4, -0.2) is 34.1 Å². The quantitative estimate of drug-likeness (QED) is 0.825. The molecule has 0 aliphatic carbocycles. The molecule has 2 heterocycles. The number of hydrogen-bond donors (Lipinski definition) is 0. The lowest BCUT2D eigenvalue weighted by atomic mass is 10.1. The Bertz CT molecular complexity index is 560. The molecule has 1 fully saturated rings. The minimum absolute atomic E-state index is 0.00962. The second kappa shape index (κ2) is 5.18. The zero-order valence-electron chi connectivity index (χ0n) is 10.6. The van der Waals surface area contributed by atoms with Gasteiger partial charge >= 0.3 is 0 Å². The van der Waals surface area contributed by atoms with Gasteiger partial charge in [0.25, 0.3) is 5.91 Å². The minimum Gasteiger partial charge on any atom is -0.337 e. The number of likely N-dealkylation sites (tertiary alicyclic amines) is 1. The molecule has 1 aliphatic heterocycles. The summed E-state index contributed by atoms with van der Waals surface area (Å²) in [4.78, 5) is 14.0. The van der Waals surface area contributed by atoms with Crippen LogP contribution >= 0.6 is 0 Å². The minimum atomic E-state index is -0.00962. The number of benzene rings is 1. The average molecular weight is 253 g/mol. The first kappa shape index (κ1) is 11.8. The van der Waals surface area contributed by atoms with Crippen LogP contribution < -0.4 is 0 Å². The van der Waals surface area contributed by atoms with Crippen molar-refractivity contribution in [3.63, 3.8) is 0 Å². The molecule has 4 heteroatoms. The van der Waals surface area contributed by atoms with Crippen LogP contribution in [0.5, 0.6) is 0 Å². The van der Waals surface area contributed by atoms with Crippen LogP contribution in [0.1, 0.15) is 23.3 Å². The molecule has 96 valence electrons. The molecule has 1 amide bonds. The maximum atomic E-state index is 12.1. The summed E-state index contributed by atoms with van der Waals surface area (Å²) in [7, 11) is 0. The van der Waals surface area contributed by atoms with Crippen molar-refractivity contribution in [2.45, 2.75) is 12.8 Å². The Kier molecular flexibility index (Phi) is 3.23. The van der Waals surface area contributed by atoms with E-state index in [0.29, 0.717) is 5.69 Å². The first-order valence-corrected chi connectivity index (χ1v) is 6.53. The second-order valence-corrected chi connectivity index (χ2v) is 4.67. The van der Waals surface area contributed by atoms with E-state index in [-0.39, 0.29) is 5.91 Å². The van der Waals surface area contributed by atoms with E-state index in [1.165, 1.54) is 0 Å². The molecule has 19 heavy (non-hydrogen) atoms. The van der Waals surface area contributed by atoms with Crippen molar-refractivity contribution in [1.29, 1.82) is 0 Å². The van der Waals surface area contributed by atoms with E-state index in [1.807, 2.05) is 41.3 Å². The largest absolute Gasteiger partial charge is 0.337 e. The normalized spacial score (nSPS) is 14.6. The van der Waals surface area contributed by atoms with Crippen LogP contribution in [0.2, 0.25) is 0 Å². The standard InChI is InChI=1S/C15H15N3O/c19-15(18-10-4-5-11-18)14-9-8-13(16-17-14)12-6-2-1-3-7-12/h1-3,6-9H,4-5,10-11H2. The van der Waals surface area contributed by atoms with E-state index >= 15 is 0 Å². The van der Waals surface area contributed by atoms with Crippen LogP contribution in [0.25, 0.3) is 11.3 Å². The van der Waals surface area contributed by atoms with E-state index in [9.17, 15) is 4.79 Å². The Morgan fingerprint density at radius 1 is 0.947 bits per heavy atom. The molecule has 0 radical (unpaired) electrons. The number of amides is 1. The van der Waals surface area contributed by atoms with Gasteiger partial charge in [0.15, 0.2) is 5.69 Å². The molecule has 2 aromatic rings. The van der Waals surface area contributed by atoms with Gasteiger partial charge in [-0.15, -0.1) is 10.2 Å². The number of hydrogen-bond acceptors (Lipinski definition) is 3. The van der Waals surface area contributed by atoms with Crippen molar-refractivity contribution in [2.75, 3.05) is 13.1 Å². The molecule has 1 aliphatic rings. The van der Waals surface area contributed by atoms with Crippen LogP contribution in [-0.2, 0) is 0 Å². The molecule has 0 unspecified atom stereocenters. The molecular weight excluding hydrogens is 238 g/mol. The van der Waals surface area contributed by atoms with Crippen molar-refractivity contribution in [1.82, 2.24) is 15.1 Å². The summed E-state index contributed by atoms with van der Waals surface area (Å²) in [6, 6.07) is 13.4. The van der Waals surface area contributed by atoms with Gasteiger partial charge in [-0.25, -0.2) is 0 Å². The van der Waals surface area contributed by atoms with Crippen molar-refractivity contribution >= 4 is 5.91 Å². The maximum absolute atomic E-state index is 12.1. The molecule has 1 aromatic heterocycles. The highest BCUT2D eigenvalue weighted by molar-refractivity contribution is 5.92. The molecule has 0 atom stereocenters. The highest BCUT2D eigenvalue weighted by atomic mass is 16.2. The third-order valence-corrected chi connectivity index (χ3v) is 3.35. The van der Waals surface area contributed by atoms with Crippen molar-refractivity contribution in [3.05, 3.63) is 48.2 Å². The molecular formula is C15H15N3O. The lowest BCUT2D eigenvalue weighted by Crippen LogP contribution is -2.28. The maximum Gasteiger partial charge on any atom is 0.274 e. The van der Waals surface area contributed by atoms with Gasteiger partial charge in [0.05, 0.1) is 5.69 Å². The highest BCUT2D eigenvalue weighted by Gasteiger charge is 2.20. The fourth-order valence-corrected chi connectivity index (χ4v) is 2.29. The summed E-state index contributed by atoms with van der Waals surface area (Å²) < 4.78 is 0. The first-order chi connectivity index (χ1) is 9.34. The zero-order valence-corrected chi connectivity index (χ0v) is 10.6. The van der Waals surface area contributed by atoms with Gasteiger partial charge in [-0.05, 0) is 25.0 Å². The fraction of sp³-hybridized carbons (Fsp3) is 0.267. The topological polar surface area (TPSA) is 46.1 Å². The first-order valence-electron chi connectivity index (χ1n) is 6.53. The third kappa shape index (κ3) is 2.47. The molecule has 1 aromatic carbocycles. The van der Waals surface area contributed by atoms with E-state index < -0.39 is 0 Å². The summed E-state index contributed by atoms with van der Waals surface area (Å²) >= 11 is 0. The molecule has 1 saturated heterocycles. The summed E-state index contributed by atoms with van der Waals surface area (Å²) in [5, 5.41) is 8.20. The second-order valence-electron chi connectivity index (χ2n) is 4.67. The predicted molar refractivity (Wildman–Crippen MR) is 72.6 cm³/mol. The van der Waals surface area contributed by atoms with Crippen LogP contribution in [0.4, 0.5) is 0 Å². The summed E-state index contributed by atoms with van der Waals surface area (Å²) in [5.41, 5.74) is 2.23. The molecule has 0 bridgehead atoms. The average Bonchev–Trinajstić information content (AvgIpc) is 3.02.